The van der Waals surface area contributed by atoms with E-state index >= 15 is 0 Å². The van der Waals surface area contributed by atoms with E-state index in [0.717, 1.165) is 25.7 Å². The fourth-order valence-electron chi connectivity index (χ4n) is 2.27. The van der Waals surface area contributed by atoms with E-state index in [-0.39, 0.29) is 23.8 Å². The molecule has 1 saturated carbocycles. The maximum atomic E-state index is 12.1. The summed E-state index contributed by atoms with van der Waals surface area (Å²) in [4.78, 5) is 24.8. The first-order valence-corrected chi connectivity index (χ1v) is 6.25. The van der Waals surface area contributed by atoms with Gasteiger partial charge in [-0.15, -0.1) is 0 Å². The van der Waals surface area contributed by atoms with Gasteiger partial charge in [-0.05, 0) is 19.3 Å². The average Bonchev–Trinajstić information content (AvgIpc) is 2.34. The number of nitrogens with zero attached hydrogens (tertiary/aromatic N) is 1. The molecule has 2 amide bonds. The van der Waals surface area contributed by atoms with Gasteiger partial charge in [-0.2, -0.15) is 0 Å². The maximum Gasteiger partial charge on any atom is 0.225 e. The molecule has 17 heavy (non-hydrogen) atoms. The van der Waals surface area contributed by atoms with Crippen molar-refractivity contribution in [2.75, 3.05) is 20.6 Å². The first-order chi connectivity index (χ1) is 8.04. The van der Waals surface area contributed by atoms with E-state index in [0.29, 0.717) is 13.0 Å². The van der Waals surface area contributed by atoms with Gasteiger partial charge < -0.3 is 16.0 Å². The van der Waals surface area contributed by atoms with Crippen LogP contribution in [0.5, 0.6) is 0 Å². The molecule has 0 bridgehead atoms. The van der Waals surface area contributed by atoms with E-state index < -0.39 is 0 Å². The van der Waals surface area contributed by atoms with Gasteiger partial charge in [-0.3, -0.25) is 9.59 Å². The number of rotatable bonds is 4. The zero-order valence-electron chi connectivity index (χ0n) is 10.7. The third-order valence-electron chi connectivity index (χ3n) is 3.39. The second kappa shape index (κ2) is 6.59. The Bertz CT molecular complexity index is 281. The molecule has 1 aliphatic carbocycles. The minimum atomic E-state index is -0.0370. The summed E-state index contributed by atoms with van der Waals surface area (Å²) in [6, 6.07) is 0.157. The fourth-order valence-corrected chi connectivity index (χ4v) is 2.27. The Kier molecular flexibility index (Phi) is 5.41. The quantitative estimate of drug-likeness (QED) is 0.733. The fraction of sp³-hybridized carbons (Fsp3) is 0.833. The molecular formula is C12H23N3O2. The van der Waals surface area contributed by atoms with Gasteiger partial charge in [0.25, 0.3) is 0 Å². The van der Waals surface area contributed by atoms with Crippen LogP contribution in [0, 0.1) is 5.92 Å². The molecule has 5 nitrogen and oxygen atoms in total. The van der Waals surface area contributed by atoms with Crippen molar-refractivity contribution in [1.29, 1.82) is 0 Å². The summed E-state index contributed by atoms with van der Waals surface area (Å²) in [5.41, 5.74) is 5.87. The van der Waals surface area contributed by atoms with Crippen molar-refractivity contribution in [3.63, 3.8) is 0 Å². The van der Waals surface area contributed by atoms with Crippen LogP contribution in [-0.2, 0) is 9.59 Å². The number of carbonyl (C=O) groups excluding carboxylic acids is 2. The van der Waals surface area contributed by atoms with Crippen LogP contribution < -0.4 is 11.1 Å². The van der Waals surface area contributed by atoms with Gasteiger partial charge in [0.05, 0.1) is 0 Å². The Morgan fingerprint density at radius 1 is 1.41 bits per heavy atom. The molecule has 1 aliphatic rings. The van der Waals surface area contributed by atoms with Crippen molar-refractivity contribution in [2.24, 2.45) is 11.7 Å². The summed E-state index contributed by atoms with van der Waals surface area (Å²) in [6.07, 6.45) is 4.12. The zero-order valence-corrected chi connectivity index (χ0v) is 10.7. The number of hydrogen-bond donors (Lipinski definition) is 2. The van der Waals surface area contributed by atoms with Crippen LogP contribution in [0.4, 0.5) is 0 Å². The molecule has 0 radical (unpaired) electrons. The summed E-state index contributed by atoms with van der Waals surface area (Å²) in [7, 11) is 3.36. The number of amides is 2. The molecule has 0 aromatic rings. The van der Waals surface area contributed by atoms with Crippen LogP contribution in [0.2, 0.25) is 0 Å². The van der Waals surface area contributed by atoms with E-state index in [1.54, 1.807) is 19.0 Å². The minimum absolute atomic E-state index is 0.0370. The van der Waals surface area contributed by atoms with Crippen molar-refractivity contribution in [1.82, 2.24) is 10.2 Å². The van der Waals surface area contributed by atoms with Crippen LogP contribution in [0.15, 0.2) is 0 Å². The molecule has 0 saturated heterocycles. The molecule has 5 heteroatoms. The molecule has 0 aromatic heterocycles. The smallest absolute Gasteiger partial charge is 0.225 e. The summed E-state index contributed by atoms with van der Waals surface area (Å²) >= 11 is 0. The predicted molar refractivity (Wildman–Crippen MR) is 66.3 cm³/mol. The highest BCUT2D eigenvalue weighted by Crippen LogP contribution is 2.24. The van der Waals surface area contributed by atoms with Gasteiger partial charge in [0.2, 0.25) is 11.8 Å². The third-order valence-corrected chi connectivity index (χ3v) is 3.39. The highest BCUT2D eigenvalue weighted by atomic mass is 16.2. The molecule has 1 rings (SSSR count). The highest BCUT2D eigenvalue weighted by molar-refractivity contribution is 5.80. The normalized spacial score (nSPS) is 24.2. The lowest BCUT2D eigenvalue weighted by Crippen LogP contribution is -2.40. The van der Waals surface area contributed by atoms with Crippen molar-refractivity contribution in [2.45, 2.75) is 38.1 Å². The molecule has 0 spiro atoms. The standard InChI is InChI=1S/C12H23N3O2/c1-14-11(16)6-7-15(2)12(17)9-4-3-5-10(13)8-9/h9-10H,3-8,13H2,1-2H3,(H,14,16). The lowest BCUT2D eigenvalue weighted by atomic mass is 9.85. The zero-order chi connectivity index (χ0) is 12.8. The monoisotopic (exact) mass is 241 g/mol. The Hall–Kier alpha value is -1.10. The van der Waals surface area contributed by atoms with Gasteiger partial charge in [0, 0.05) is 39.0 Å². The summed E-state index contributed by atoms with van der Waals surface area (Å²) in [5.74, 6) is 0.141. The van der Waals surface area contributed by atoms with Crippen LogP contribution >= 0.6 is 0 Å². The summed E-state index contributed by atoms with van der Waals surface area (Å²) < 4.78 is 0. The largest absolute Gasteiger partial charge is 0.359 e. The number of carbonyl (C=O) groups is 2. The van der Waals surface area contributed by atoms with Crippen molar-refractivity contribution in [3.8, 4) is 0 Å². The van der Waals surface area contributed by atoms with E-state index in [1.807, 2.05) is 0 Å². The van der Waals surface area contributed by atoms with Crippen LogP contribution in [0.1, 0.15) is 32.1 Å². The van der Waals surface area contributed by atoms with Crippen molar-refractivity contribution in [3.05, 3.63) is 0 Å². The molecule has 1 fully saturated rings. The Balaban J connectivity index is 2.37. The summed E-state index contributed by atoms with van der Waals surface area (Å²) in [5, 5.41) is 2.55. The number of hydrogen-bond acceptors (Lipinski definition) is 3. The van der Waals surface area contributed by atoms with E-state index in [4.69, 9.17) is 5.73 Å². The van der Waals surface area contributed by atoms with Crippen LogP contribution in [0.25, 0.3) is 0 Å². The maximum absolute atomic E-state index is 12.1. The highest BCUT2D eigenvalue weighted by Gasteiger charge is 2.27. The van der Waals surface area contributed by atoms with E-state index in [1.165, 1.54) is 0 Å². The SMILES string of the molecule is CNC(=O)CCN(C)C(=O)C1CCCC(N)C1. The molecule has 2 unspecified atom stereocenters. The lowest BCUT2D eigenvalue weighted by Gasteiger charge is -2.29. The lowest BCUT2D eigenvalue weighted by molar-refractivity contribution is -0.135. The van der Waals surface area contributed by atoms with Crippen molar-refractivity contribution >= 4 is 11.8 Å². The average molecular weight is 241 g/mol. The molecule has 0 heterocycles. The van der Waals surface area contributed by atoms with Gasteiger partial charge in [-0.25, -0.2) is 0 Å². The van der Waals surface area contributed by atoms with E-state index in [9.17, 15) is 9.59 Å². The van der Waals surface area contributed by atoms with Gasteiger partial charge in [-0.1, -0.05) is 6.42 Å². The van der Waals surface area contributed by atoms with E-state index in [2.05, 4.69) is 5.32 Å². The van der Waals surface area contributed by atoms with Crippen molar-refractivity contribution < 1.29 is 9.59 Å². The summed E-state index contributed by atoms with van der Waals surface area (Å²) in [6.45, 7) is 0.476. The molecule has 0 aromatic carbocycles. The Labute approximate surface area is 103 Å². The Morgan fingerprint density at radius 3 is 2.71 bits per heavy atom. The second-order valence-electron chi connectivity index (χ2n) is 4.81. The number of nitrogens with two attached hydrogens (primary N) is 1. The molecule has 98 valence electrons. The third kappa shape index (κ3) is 4.34. The predicted octanol–water partition coefficient (Wildman–Crippen LogP) is 0.0984. The first-order valence-electron chi connectivity index (χ1n) is 6.25. The minimum Gasteiger partial charge on any atom is -0.359 e. The number of nitrogens with one attached hydrogen (secondary N) is 1. The molecule has 3 N–H and O–H groups in total. The van der Waals surface area contributed by atoms with Gasteiger partial charge in [0.1, 0.15) is 0 Å². The topological polar surface area (TPSA) is 75.4 Å². The Morgan fingerprint density at radius 2 is 2.12 bits per heavy atom. The first kappa shape index (κ1) is 14.0. The molecule has 0 aliphatic heterocycles. The molecule has 2 atom stereocenters. The van der Waals surface area contributed by atoms with Gasteiger partial charge in [0.15, 0.2) is 0 Å². The van der Waals surface area contributed by atoms with Crippen LogP contribution in [0.3, 0.4) is 0 Å². The van der Waals surface area contributed by atoms with Crippen LogP contribution in [-0.4, -0.2) is 43.4 Å². The second-order valence-corrected chi connectivity index (χ2v) is 4.81. The molecular weight excluding hydrogens is 218 g/mol. The van der Waals surface area contributed by atoms with Gasteiger partial charge >= 0.3 is 0 Å².